The normalized spacial score (nSPS) is 21.3. The van der Waals surface area contributed by atoms with E-state index >= 15 is 4.79 Å². The topological polar surface area (TPSA) is 84.4 Å². The highest BCUT2D eigenvalue weighted by atomic mass is 16.5. The molecule has 0 radical (unpaired) electrons. The number of benzene rings is 5. The molecule has 2 saturated carbocycles. The maximum Gasteiger partial charge on any atom is 0.255 e. The van der Waals surface area contributed by atoms with Gasteiger partial charge in [-0.1, -0.05) is 118 Å². The number of nitrogens with one attached hydrogen (secondary N) is 1. The molecule has 1 aliphatic heterocycles. The third-order valence-electron chi connectivity index (χ3n) is 12.7. The molecule has 2 fully saturated rings. The van der Waals surface area contributed by atoms with Crippen LogP contribution >= 0.6 is 0 Å². The number of ether oxygens (including phenoxy) is 1. The van der Waals surface area contributed by atoms with Crippen LogP contribution in [0.4, 0.5) is 0 Å². The van der Waals surface area contributed by atoms with Crippen molar-refractivity contribution < 1.29 is 14.3 Å². The first-order chi connectivity index (χ1) is 26.7. The summed E-state index contributed by atoms with van der Waals surface area (Å²) < 4.78 is 6.96. The third-order valence-corrected chi connectivity index (χ3v) is 12.7. The molecule has 2 amide bonds. The van der Waals surface area contributed by atoms with Crippen LogP contribution in [0, 0.1) is 11.8 Å². The fourth-order valence-electron chi connectivity index (χ4n) is 9.89. The number of carbonyl (C=O) groups excluding carboxylic acids is 2. The number of hydrogen-bond donors (Lipinski definition) is 1. The fourth-order valence-corrected chi connectivity index (χ4v) is 9.89. The smallest absolute Gasteiger partial charge is 0.255 e. The summed E-state index contributed by atoms with van der Waals surface area (Å²) in [4.78, 5) is 41.8. The molecule has 1 N–H and O–H groups in total. The van der Waals surface area contributed by atoms with Crippen LogP contribution < -0.4 is 10.1 Å². The quantitative estimate of drug-likeness (QED) is 0.131. The van der Waals surface area contributed by atoms with Crippen LogP contribution in [0.1, 0.15) is 111 Å². The lowest BCUT2D eigenvalue weighted by atomic mass is 9.64. The van der Waals surface area contributed by atoms with Gasteiger partial charge in [-0.05, 0) is 80.7 Å². The van der Waals surface area contributed by atoms with E-state index in [1.165, 1.54) is 18.4 Å². The van der Waals surface area contributed by atoms with Gasteiger partial charge in [0.1, 0.15) is 17.4 Å². The monoisotopic (exact) mass is 730 g/mol. The molecule has 0 spiro atoms. The average Bonchev–Trinajstić information content (AvgIpc) is 3.20. The zero-order valence-corrected chi connectivity index (χ0v) is 32.1. The lowest BCUT2D eigenvalue weighted by Gasteiger charge is -2.49. The molecule has 2 heterocycles. The summed E-state index contributed by atoms with van der Waals surface area (Å²) in [5.74, 6) is 1.90. The predicted molar refractivity (Wildman–Crippen MR) is 219 cm³/mol. The number of fused-ring (bicyclic) bond motifs is 9. The van der Waals surface area contributed by atoms with Gasteiger partial charge in [-0.2, -0.15) is 0 Å². The van der Waals surface area contributed by atoms with E-state index in [4.69, 9.17) is 14.7 Å². The van der Waals surface area contributed by atoms with Crippen molar-refractivity contribution in [3.63, 3.8) is 0 Å². The largest absolute Gasteiger partial charge is 0.487 e. The summed E-state index contributed by atoms with van der Waals surface area (Å²) >= 11 is 0. The van der Waals surface area contributed by atoms with Crippen LogP contribution in [0.2, 0.25) is 0 Å². The molecule has 4 atom stereocenters. The van der Waals surface area contributed by atoms with Crippen molar-refractivity contribution in [2.75, 3.05) is 0 Å². The SMILES string of the molecule is C[C@H]1CC[C@H]2[C@H](C1)c1c(c3ccccc3c3nc4cc(C(=O)N(Cc5ccccc5)C(C(=O)NC5CCCCC5)c5ccccc5)ccc4nc13)OC2(C)C. The molecule has 0 saturated heterocycles. The summed E-state index contributed by atoms with van der Waals surface area (Å²) in [7, 11) is 0. The lowest BCUT2D eigenvalue weighted by molar-refractivity contribution is -0.127. The van der Waals surface area contributed by atoms with Crippen molar-refractivity contribution in [3.05, 3.63) is 125 Å². The van der Waals surface area contributed by atoms with Gasteiger partial charge < -0.3 is 15.0 Å². The second kappa shape index (κ2) is 14.4. The zero-order chi connectivity index (χ0) is 37.7. The Morgan fingerprint density at radius 2 is 1.49 bits per heavy atom. The Bertz CT molecular complexity index is 2390. The van der Waals surface area contributed by atoms with Crippen LogP contribution in [0.15, 0.2) is 103 Å². The fraction of sp³-hybridized carbons (Fsp3) is 0.375. The van der Waals surface area contributed by atoms with Crippen LogP contribution in [0.5, 0.6) is 5.75 Å². The molecule has 55 heavy (non-hydrogen) atoms. The first kappa shape index (κ1) is 35.4. The second-order valence-electron chi connectivity index (χ2n) is 16.8. The van der Waals surface area contributed by atoms with E-state index in [-0.39, 0.29) is 30.0 Å². The van der Waals surface area contributed by atoms with Crippen LogP contribution in [0.25, 0.3) is 32.8 Å². The summed E-state index contributed by atoms with van der Waals surface area (Å²) in [6.45, 7) is 7.13. The van der Waals surface area contributed by atoms with Gasteiger partial charge >= 0.3 is 0 Å². The molecule has 1 unspecified atom stereocenters. The van der Waals surface area contributed by atoms with Crippen LogP contribution in [-0.2, 0) is 11.3 Å². The van der Waals surface area contributed by atoms with Crippen molar-refractivity contribution in [1.29, 1.82) is 0 Å². The molecule has 2 aliphatic carbocycles. The molecular weight excluding hydrogens is 681 g/mol. The minimum Gasteiger partial charge on any atom is -0.487 e. The van der Waals surface area contributed by atoms with Crippen molar-refractivity contribution >= 4 is 44.7 Å². The highest BCUT2D eigenvalue weighted by molar-refractivity contribution is 6.11. The molecule has 1 aromatic heterocycles. The number of rotatable bonds is 7. The number of amides is 2. The standard InChI is InChI=1S/C48H50N4O3/c1-30-23-25-38-37(27-30)41-43-42(35-21-13-14-22-36(35)45(41)55-48(38,2)3)51-40-28-33(24-26-39(40)50-43)47(54)52(29-31-15-7-4-8-16-31)44(32-17-9-5-10-18-32)46(53)49-34-19-11-6-12-20-34/h4-5,7-10,13-18,21-22,24,26,28,30,34,37-38,44H,6,11-12,19-20,23,25,27,29H2,1-3H3,(H,49,53)/t30-,37-,38-,44?/m0/s1. The van der Waals surface area contributed by atoms with Gasteiger partial charge in [-0.3, -0.25) is 9.59 Å². The van der Waals surface area contributed by atoms with Gasteiger partial charge in [-0.15, -0.1) is 0 Å². The molecule has 3 aliphatic rings. The Labute approximate surface area is 323 Å². The number of nitrogens with zero attached hydrogens (tertiary/aromatic N) is 3. The van der Waals surface area contributed by atoms with Gasteiger partial charge in [0, 0.05) is 40.4 Å². The van der Waals surface area contributed by atoms with E-state index in [9.17, 15) is 4.79 Å². The van der Waals surface area contributed by atoms with Gasteiger partial charge in [-0.25, -0.2) is 9.97 Å². The Hall–Kier alpha value is -5.30. The Balaban J connectivity index is 1.17. The molecule has 280 valence electrons. The third kappa shape index (κ3) is 6.62. The van der Waals surface area contributed by atoms with E-state index in [1.54, 1.807) is 4.90 Å². The molecule has 5 aromatic carbocycles. The maximum atomic E-state index is 15.0. The number of aromatic nitrogens is 2. The lowest BCUT2D eigenvalue weighted by Crippen LogP contribution is -2.47. The molecule has 6 aromatic rings. The first-order valence-electron chi connectivity index (χ1n) is 20.3. The van der Waals surface area contributed by atoms with E-state index < -0.39 is 6.04 Å². The number of carbonyl (C=O) groups is 2. The van der Waals surface area contributed by atoms with E-state index in [0.29, 0.717) is 28.8 Å². The van der Waals surface area contributed by atoms with Gasteiger partial charge in [0.25, 0.3) is 5.91 Å². The van der Waals surface area contributed by atoms with Gasteiger partial charge in [0.15, 0.2) is 0 Å². The highest BCUT2D eigenvalue weighted by Crippen LogP contribution is 2.56. The van der Waals surface area contributed by atoms with E-state index in [0.717, 1.165) is 82.7 Å². The number of hydrogen-bond acceptors (Lipinski definition) is 5. The minimum atomic E-state index is -0.820. The second-order valence-corrected chi connectivity index (χ2v) is 16.8. The maximum absolute atomic E-state index is 15.0. The van der Waals surface area contributed by atoms with Crippen LogP contribution in [0.3, 0.4) is 0 Å². The van der Waals surface area contributed by atoms with Gasteiger partial charge in [0.05, 0.1) is 22.1 Å². The molecule has 7 heteroatoms. The Morgan fingerprint density at radius 1 is 0.800 bits per heavy atom. The van der Waals surface area contributed by atoms with Crippen molar-refractivity contribution in [2.24, 2.45) is 11.8 Å². The molecule has 9 rings (SSSR count). The zero-order valence-electron chi connectivity index (χ0n) is 32.1. The molecule has 7 nitrogen and oxygen atoms in total. The van der Waals surface area contributed by atoms with Crippen molar-refractivity contribution in [2.45, 2.75) is 102 Å². The summed E-state index contributed by atoms with van der Waals surface area (Å²) in [5.41, 5.74) is 6.21. The molecular formula is C48H50N4O3. The van der Waals surface area contributed by atoms with Crippen molar-refractivity contribution in [3.8, 4) is 5.75 Å². The molecule has 0 bridgehead atoms. The van der Waals surface area contributed by atoms with E-state index in [1.807, 2.05) is 84.9 Å². The average molecular weight is 731 g/mol. The highest BCUT2D eigenvalue weighted by Gasteiger charge is 2.47. The van der Waals surface area contributed by atoms with E-state index in [2.05, 4.69) is 44.3 Å². The van der Waals surface area contributed by atoms with Crippen molar-refractivity contribution in [1.82, 2.24) is 20.2 Å². The predicted octanol–water partition coefficient (Wildman–Crippen LogP) is 10.5. The summed E-state index contributed by atoms with van der Waals surface area (Å²) in [6.07, 6.45) is 8.74. The van der Waals surface area contributed by atoms with Gasteiger partial charge in [0.2, 0.25) is 5.91 Å². The first-order valence-corrected chi connectivity index (χ1v) is 20.3. The Morgan fingerprint density at radius 3 is 2.25 bits per heavy atom. The summed E-state index contributed by atoms with van der Waals surface area (Å²) in [6, 6.07) is 32.9. The summed E-state index contributed by atoms with van der Waals surface area (Å²) in [5, 5.41) is 5.39. The van der Waals surface area contributed by atoms with Crippen LogP contribution in [-0.4, -0.2) is 38.3 Å². The Kier molecular flexibility index (Phi) is 9.27. The minimum absolute atomic E-state index is 0.106.